The van der Waals surface area contributed by atoms with E-state index in [9.17, 15) is 18.7 Å². The number of nitrogens with one attached hydrogen (secondary N) is 2. The molecule has 23 heavy (non-hydrogen) atoms. The summed E-state index contributed by atoms with van der Waals surface area (Å²) in [5.74, 6) is -1.39. The second-order valence-corrected chi connectivity index (χ2v) is 4.75. The number of methoxy groups -OCH3 is 1. The Morgan fingerprint density at radius 3 is 2.48 bits per heavy atom. The van der Waals surface area contributed by atoms with Crippen molar-refractivity contribution in [2.75, 3.05) is 19.0 Å². The Balaban J connectivity index is 1.86. The molecule has 2 aromatic carbocycles. The minimum atomic E-state index is -1.15. The standard InChI is InChI=1S/C16H16F2N2O3/c1-23-12-5-3-11(4-6-12)20-16(22)19-9-15(21)10-2-7-13(17)14(18)8-10/h2-8,15,21H,9H2,1H3,(H2,19,20,22). The van der Waals surface area contributed by atoms with E-state index in [-0.39, 0.29) is 12.1 Å². The molecule has 1 atom stereocenters. The van der Waals surface area contributed by atoms with E-state index in [0.717, 1.165) is 12.1 Å². The molecule has 2 rings (SSSR count). The monoisotopic (exact) mass is 322 g/mol. The number of hydrogen-bond donors (Lipinski definition) is 3. The lowest BCUT2D eigenvalue weighted by atomic mass is 10.1. The summed E-state index contributed by atoms with van der Waals surface area (Å²) in [6.07, 6.45) is -1.15. The van der Waals surface area contributed by atoms with Gasteiger partial charge in [0.2, 0.25) is 0 Å². The number of hydrogen-bond acceptors (Lipinski definition) is 3. The highest BCUT2D eigenvalue weighted by atomic mass is 19.2. The van der Waals surface area contributed by atoms with Crippen LogP contribution in [0, 0.1) is 11.6 Å². The first kappa shape index (κ1) is 16.7. The summed E-state index contributed by atoms with van der Waals surface area (Å²) in [5, 5.41) is 14.9. The smallest absolute Gasteiger partial charge is 0.319 e. The van der Waals surface area contributed by atoms with Gasteiger partial charge in [0.25, 0.3) is 0 Å². The Bertz CT molecular complexity index is 678. The van der Waals surface area contributed by atoms with Crippen LogP contribution < -0.4 is 15.4 Å². The first-order valence-electron chi connectivity index (χ1n) is 6.81. The van der Waals surface area contributed by atoms with E-state index in [2.05, 4.69) is 10.6 Å². The fraction of sp³-hybridized carbons (Fsp3) is 0.188. The molecule has 0 aromatic heterocycles. The van der Waals surface area contributed by atoms with Crippen molar-refractivity contribution in [3.8, 4) is 5.75 Å². The molecule has 0 aliphatic heterocycles. The zero-order valence-corrected chi connectivity index (χ0v) is 12.3. The Kier molecular flexibility index (Phi) is 5.48. The van der Waals surface area contributed by atoms with E-state index in [1.165, 1.54) is 13.2 Å². The molecule has 0 fully saturated rings. The van der Waals surface area contributed by atoms with Crippen LogP contribution in [0.25, 0.3) is 0 Å². The zero-order chi connectivity index (χ0) is 16.8. The summed E-state index contributed by atoms with van der Waals surface area (Å²) < 4.78 is 30.9. The molecule has 122 valence electrons. The Labute approximate surface area is 131 Å². The molecule has 1 unspecified atom stereocenters. The van der Waals surface area contributed by atoms with Crippen molar-refractivity contribution < 1.29 is 23.4 Å². The number of aliphatic hydroxyl groups is 1. The third-order valence-corrected chi connectivity index (χ3v) is 3.13. The highest BCUT2D eigenvalue weighted by molar-refractivity contribution is 5.89. The lowest BCUT2D eigenvalue weighted by molar-refractivity contribution is 0.174. The summed E-state index contributed by atoms with van der Waals surface area (Å²) >= 11 is 0. The molecule has 0 aliphatic rings. The maximum atomic E-state index is 13.1. The van der Waals surface area contributed by atoms with Gasteiger partial charge in [-0.15, -0.1) is 0 Å². The van der Waals surface area contributed by atoms with E-state index >= 15 is 0 Å². The predicted octanol–water partition coefficient (Wildman–Crippen LogP) is 2.83. The summed E-state index contributed by atoms with van der Waals surface area (Å²) in [7, 11) is 1.54. The maximum absolute atomic E-state index is 13.1. The normalized spacial score (nSPS) is 11.7. The number of rotatable bonds is 5. The van der Waals surface area contributed by atoms with Gasteiger partial charge in [0.1, 0.15) is 5.75 Å². The molecule has 0 saturated heterocycles. The molecule has 3 N–H and O–H groups in total. The van der Waals surface area contributed by atoms with Crippen molar-refractivity contribution >= 4 is 11.7 Å². The molecule has 7 heteroatoms. The largest absolute Gasteiger partial charge is 0.497 e. The third kappa shape index (κ3) is 4.65. The van der Waals surface area contributed by atoms with Crippen molar-refractivity contribution in [2.24, 2.45) is 0 Å². The van der Waals surface area contributed by atoms with Crippen LogP contribution in [0.4, 0.5) is 19.3 Å². The lowest BCUT2D eigenvalue weighted by Gasteiger charge is -2.13. The lowest BCUT2D eigenvalue weighted by Crippen LogP contribution is -2.32. The van der Waals surface area contributed by atoms with Crippen molar-refractivity contribution in [1.82, 2.24) is 5.32 Å². The summed E-state index contributed by atoms with van der Waals surface area (Å²) in [6.45, 7) is -0.146. The van der Waals surface area contributed by atoms with E-state index < -0.39 is 23.8 Å². The number of carbonyl (C=O) groups excluding carboxylic acids is 1. The molecule has 0 saturated carbocycles. The topological polar surface area (TPSA) is 70.6 Å². The average Bonchev–Trinajstić information content (AvgIpc) is 2.56. The van der Waals surface area contributed by atoms with Gasteiger partial charge in [-0.05, 0) is 42.0 Å². The number of anilines is 1. The van der Waals surface area contributed by atoms with Crippen molar-refractivity contribution in [2.45, 2.75) is 6.10 Å². The predicted molar refractivity (Wildman–Crippen MR) is 81.3 cm³/mol. The van der Waals surface area contributed by atoms with Crippen LogP contribution in [-0.2, 0) is 0 Å². The van der Waals surface area contributed by atoms with Gasteiger partial charge >= 0.3 is 6.03 Å². The first-order chi connectivity index (χ1) is 11.0. The van der Waals surface area contributed by atoms with Crippen molar-refractivity contribution in [3.05, 3.63) is 59.7 Å². The minimum Gasteiger partial charge on any atom is -0.497 e. The van der Waals surface area contributed by atoms with Crippen LogP contribution in [0.15, 0.2) is 42.5 Å². The molecule has 0 spiro atoms. The highest BCUT2D eigenvalue weighted by Gasteiger charge is 2.12. The van der Waals surface area contributed by atoms with E-state index in [1.807, 2.05) is 0 Å². The number of carbonyl (C=O) groups is 1. The number of amides is 2. The second kappa shape index (κ2) is 7.55. The fourth-order valence-corrected chi connectivity index (χ4v) is 1.88. The zero-order valence-electron chi connectivity index (χ0n) is 12.3. The maximum Gasteiger partial charge on any atom is 0.319 e. The highest BCUT2D eigenvalue weighted by Crippen LogP contribution is 2.16. The summed E-state index contributed by atoms with van der Waals surface area (Å²) in [4.78, 5) is 11.7. The quantitative estimate of drug-likeness (QED) is 0.793. The number of aliphatic hydroxyl groups excluding tert-OH is 1. The SMILES string of the molecule is COc1ccc(NC(=O)NCC(O)c2ccc(F)c(F)c2)cc1. The number of urea groups is 1. The van der Waals surface area contributed by atoms with Gasteiger partial charge in [0.15, 0.2) is 11.6 Å². The Morgan fingerprint density at radius 2 is 1.87 bits per heavy atom. The third-order valence-electron chi connectivity index (χ3n) is 3.13. The second-order valence-electron chi connectivity index (χ2n) is 4.75. The van der Waals surface area contributed by atoms with Crippen molar-refractivity contribution in [1.29, 1.82) is 0 Å². The molecular weight excluding hydrogens is 306 g/mol. The summed E-state index contributed by atoms with van der Waals surface area (Å²) in [5.41, 5.74) is 0.722. The summed E-state index contributed by atoms with van der Waals surface area (Å²) in [6, 6.07) is 9.23. The van der Waals surface area contributed by atoms with E-state index in [0.29, 0.717) is 11.4 Å². The molecule has 2 aromatic rings. The van der Waals surface area contributed by atoms with Crippen LogP contribution in [0.1, 0.15) is 11.7 Å². The number of ether oxygens (including phenoxy) is 1. The van der Waals surface area contributed by atoms with Gasteiger partial charge in [-0.1, -0.05) is 6.07 Å². The fourth-order valence-electron chi connectivity index (χ4n) is 1.88. The van der Waals surface area contributed by atoms with Crippen molar-refractivity contribution in [3.63, 3.8) is 0 Å². The van der Waals surface area contributed by atoms with Gasteiger partial charge in [-0.25, -0.2) is 13.6 Å². The van der Waals surface area contributed by atoms with Crippen LogP contribution in [-0.4, -0.2) is 24.8 Å². The molecule has 0 bridgehead atoms. The molecule has 5 nitrogen and oxygen atoms in total. The number of benzene rings is 2. The first-order valence-corrected chi connectivity index (χ1v) is 6.81. The van der Waals surface area contributed by atoms with Gasteiger partial charge in [0, 0.05) is 12.2 Å². The molecular formula is C16H16F2N2O3. The molecule has 0 aliphatic carbocycles. The van der Waals surface area contributed by atoms with Crippen LogP contribution in [0.3, 0.4) is 0 Å². The van der Waals surface area contributed by atoms with Crippen LogP contribution >= 0.6 is 0 Å². The van der Waals surface area contributed by atoms with Crippen LogP contribution in [0.2, 0.25) is 0 Å². The van der Waals surface area contributed by atoms with E-state index in [4.69, 9.17) is 4.74 Å². The van der Waals surface area contributed by atoms with Gasteiger partial charge in [0.05, 0.1) is 13.2 Å². The van der Waals surface area contributed by atoms with Crippen LogP contribution in [0.5, 0.6) is 5.75 Å². The van der Waals surface area contributed by atoms with E-state index in [1.54, 1.807) is 24.3 Å². The average molecular weight is 322 g/mol. The van der Waals surface area contributed by atoms with Gasteiger partial charge in [-0.3, -0.25) is 0 Å². The number of halogens is 2. The Hall–Kier alpha value is -2.67. The minimum absolute atomic E-state index is 0.146. The van der Waals surface area contributed by atoms with Gasteiger partial charge < -0.3 is 20.5 Å². The molecule has 0 heterocycles. The van der Waals surface area contributed by atoms with Gasteiger partial charge in [-0.2, -0.15) is 0 Å². The molecule has 0 radical (unpaired) electrons. The Morgan fingerprint density at radius 1 is 1.17 bits per heavy atom. The molecule has 2 amide bonds.